The number of carbonyl (C=O) groups is 1. The molecule has 2 aliphatic rings. The van der Waals surface area contributed by atoms with E-state index < -0.39 is 42.8 Å². The van der Waals surface area contributed by atoms with Crippen LogP contribution in [0.1, 0.15) is 40.8 Å². The molecule has 2 atom stereocenters. The standard InChI is InChI=1S/C22H23F6N3O6S2/c1-12-7-17(37-39(35,36)22(26,27)28)8-13(2)18(12)10-14-5-6-30(20(14)32)16-3-4-19-15(9-16)11-31(29-19)38(33,34)21(23,24)25/h7-8,11,14,16H,3-6,9-10H2,1-2H3/t14?,16-/m1/s1. The van der Waals surface area contributed by atoms with Crippen LogP contribution in [0.25, 0.3) is 0 Å². The fraction of sp³-hybridized carbons (Fsp3) is 0.545. The minimum atomic E-state index is -5.84. The van der Waals surface area contributed by atoms with Gasteiger partial charge in [-0.15, -0.1) is 0 Å². The van der Waals surface area contributed by atoms with Gasteiger partial charge in [0.15, 0.2) is 0 Å². The van der Waals surface area contributed by atoms with E-state index >= 15 is 0 Å². The summed E-state index contributed by atoms with van der Waals surface area (Å²) in [6.45, 7) is 3.48. The number of amides is 1. The predicted molar refractivity (Wildman–Crippen MR) is 123 cm³/mol. The fourth-order valence-corrected chi connectivity index (χ4v) is 6.14. The van der Waals surface area contributed by atoms with Crippen molar-refractivity contribution in [1.82, 2.24) is 14.1 Å². The summed E-state index contributed by atoms with van der Waals surface area (Å²) in [4.78, 5) is 14.8. The Balaban J connectivity index is 1.46. The molecule has 1 aliphatic carbocycles. The van der Waals surface area contributed by atoms with Gasteiger partial charge < -0.3 is 9.08 Å². The van der Waals surface area contributed by atoms with Gasteiger partial charge in [-0.2, -0.15) is 52.4 Å². The van der Waals surface area contributed by atoms with Gasteiger partial charge in [0.25, 0.3) is 0 Å². The van der Waals surface area contributed by atoms with Crippen LogP contribution < -0.4 is 4.18 Å². The van der Waals surface area contributed by atoms with Crippen LogP contribution in [0.4, 0.5) is 26.3 Å². The summed E-state index contributed by atoms with van der Waals surface area (Å²) >= 11 is 0. The largest absolute Gasteiger partial charge is 0.534 e. The molecule has 0 radical (unpaired) electrons. The number of likely N-dealkylation sites (tertiary alicyclic amines) is 1. The van der Waals surface area contributed by atoms with E-state index in [2.05, 4.69) is 9.28 Å². The van der Waals surface area contributed by atoms with Crippen LogP contribution in [0.15, 0.2) is 18.3 Å². The van der Waals surface area contributed by atoms with Gasteiger partial charge in [0.2, 0.25) is 5.91 Å². The maximum atomic E-state index is 13.2. The first-order valence-corrected chi connectivity index (χ1v) is 14.5. The van der Waals surface area contributed by atoms with E-state index in [4.69, 9.17) is 0 Å². The van der Waals surface area contributed by atoms with Crippen LogP contribution in [0.5, 0.6) is 5.75 Å². The van der Waals surface area contributed by atoms with Crippen molar-refractivity contribution in [3.05, 3.63) is 46.3 Å². The minimum Gasteiger partial charge on any atom is -0.376 e. The molecule has 0 bridgehead atoms. The van der Waals surface area contributed by atoms with Crippen molar-refractivity contribution in [2.45, 2.75) is 63.0 Å². The summed E-state index contributed by atoms with van der Waals surface area (Å²) in [5.41, 5.74) is -9.03. The Morgan fingerprint density at radius 1 is 1.00 bits per heavy atom. The molecule has 9 nitrogen and oxygen atoms in total. The highest BCUT2D eigenvalue weighted by molar-refractivity contribution is 7.90. The smallest absolute Gasteiger partial charge is 0.376 e. The number of alkyl halides is 6. The third kappa shape index (κ3) is 5.47. The van der Waals surface area contributed by atoms with Crippen LogP contribution in [-0.4, -0.2) is 60.4 Å². The van der Waals surface area contributed by atoms with Gasteiger partial charge in [-0.25, -0.2) is 0 Å². The molecule has 1 aromatic heterocycles. The van der Waals surface area contributed by atoms with E-state index in [9.17, 15) is 48.0 Å². The lowest BCUT2D eigenvalue weighted by atomic mass is 9.91. The Bertz CT molecular complexity index is 1490. The lowest BCUT2D eigenvalue weighted by Crippen LogP contribution is -2.41. The molecule has 1 unspecified atom stereocenters. The van der Waals surface area contributed by atoms with E-state index in [1.165, 1.54) is 0 Å². The van der Waals surface area contributed by atoms with Crippen molar-refractivity contribution in [2.24, 2.45) is 5.92 Å². The van der Waals surface area contributed by atoms with Crippen molar-refractivity contribution in [3.8, 4) is 5.75 Å². The molecule has 39 heavy (non-hydrogen) atoms. The van der Waals surface area contributed by atoms with Crippen molar-refractivity contribution in [1.29, 1.82) is 0 Å². The second kappa shape index (κ2) is 9.67. The number of fused-ring (bicyclic) bond motifs is 1. The molecule has 1 aromatic carbocycles. The Morgan fingerprint density at radius 3 is 2.18 bits per heavy atom. The molecule has 0 saturated carbocycles. The minimum absolute atomic E-state index is 0.0759. The van der Waals surface area contributed by atoms with E-state index in [-0.39, 0.29) is 41.0 Å². The predicted octanol–water partition coefficient (Wildman–Crippen LogP) is 3.37. The zero-order chi connectivity index (χ0) is 29.1. The Labute approximate surface area is 219 Å². The Morgan fingerprint density at radius 2 is 1.62 bits per heavy atom. The van der Waals surface area contributed by atoms with Gasteiger partial charge in [-0.3, -0.25) is 4.79 Å². The number of rotatable bonds is 6. The molecular weight excluding hydrogens is 580 g/mol. The highest BCUT2D eigenvalue weighted by Crippen LogP contribution is 2.34. The molecule has 1 amide bonds. The van der Waals surface area contributed by atoms with Crippen LogP contribution in [-0.2, 0) is 44.2 Å². The molecule has 17 heteroatoms. The quantitative estimate of drug-likeness (QED) is 0.283. The fourth-order valence-electron chi connectivity index (χ4n) is 5.01. The van der Waals surface area contributed by atoms with Crippen LogP contribution in [0.3, 0.4) is 0 Å². The first kappa shape index (κ1) is 29.2. The zero-order valence-corrected chi connectivity index (χ0v) is 22.1. The number of halogens is 6. The second-order valence-corrected chi connectivity index (χ2v) is 12.9. The summed E-state index contributed by atoms with van der Waals surface area (Å²) in [5, 5.41) is 3.60. The summed E-state index contributed by atoms with van der Waals surface area (Å²) < 4.78 is 127. The molecular formula is C22H23F6N3O6S2. The van der Waals surface area contributed by atoms with Crippen LogP contribution in [0.2, 0.25) is 0 Å². The Hall–Kier alpha value is -2.82. The van der Waals surface area contributed by atoms with Crippen molar-refractivity contribution in [2.75, 3.05) is 6.54 Å². The van der Waals surface area contributed by atoms with Gasteiger partial charge in [-0.05, 0) is 80.3 Å². The maximum absolute atomic E-state index is 13.2. The van der Waals surface area contributed by atoms with Gasteiger partial charge >= 0.3 is 31.2 Å². The summed E-state index contributed by atoms with van der Waals surface area (Å²) in [6, 6.07) is 1.93. The maximum Gasteiger partial charge on any atom is 0.534 e. The third-order valence-electron chi connectivity index (χ3n) is 6.97. The average Bonchev–Trinajstić information content (AvgIpc) is 3.37. The number of benzene rings is 1. The zero-order valence-electron chi connectivity index (χ0n) is 20.5. The van der Waals surface area contributed by atoms with Crippen molar-refractivity contribution < 1.29 is 52.2 Å². The molecule has 2 aromatic rings. The number of carbonyl (C=O) groups excluding carboxylic acids is 1. The topological polar surface area (TPSA) is 116 Å². The highest BCUT2D eigenvalue weighted by atomic mass is 32.2. The summed E-state index contributed by atoms with van der Waals surface area (Å²) in [5.74, 6) is -1.20. The number of aromatic nitrogens is 2. The monoisotopic (exact) mass is 603 g/mol. The average molecular weight is 604 g/mol. The molecule has 1 aliphatic heterocycles. The molecule has 1 fully saturated rings. The lowest BCUT2D eigenvalue weighted by Gasteiger charge is -2.31. The molecule has 0 spiro atoms. The lowest BCUT2D eigenvalue weighted by molar-refractivity contribution is -0.133. The Kier molecular flexibility index (Phi) is 7.24. The van der Waals surface area contributed by atoms with E-state index in [0.717, 1.165) is 18.3 Å². The highest BCUT2D eigenvalue weighted by Gasteiger charge is 2.49. The second-order valence-electron chi connectivity index (χ2n) is 9.56. The van der Waals surface area contributed by atoms with Gasteiger partial charge in [0.1, 0.15) is 5.75 Å². The van der Waals surface area contributed by atoms with E-state index in [0.29, 0.717) is 41.6 Å². The summed E-state index contributed by atoms with van der Waals surface area (Å²) in [7, 11) is -11.5. The molecule has 4 rings (SSSR count). The molecule has 2 heterocycles. The summed E-state index contributed by atoms with van der Waals surface area (Å²) in [6.07, 6.45) is 2.22. The number of aryl methyl sites for hydroxylation is 3. The normalized spacial score (nSPS) is 20.8. The van der Waals surface area contributed by atoms with Crippen LogP contribution >= 0.6 is 0 Å². The van der Waals surface area contributed by atoms with Gasteiger partial charge in [0.05, 0.1) is 5.69 Å². The number of hydrogen-bond acceptors (Lipinski definition) is 7. The third-order valence-corrected chi connectivity index (χ3v) is 9.21. The first-order chi connectivity index (χ1) is 17.8. The van der Waals surface area contributed by atoms with Crippen molar-refractivity contribution >= 4 is 26.0 Å². The van der Waals surface area contributed by atoms with Gasteiger partial charge in [0, 0.05) is 24.7 Å². The van der Waals surface area contributed by atoms with Gasteiger partial charge in [-0.1, -0.05) is 0 Å². The first-order valence-electron chi connectivity index (χ1n) is 11.6. The van der Waals surface area contributed by atoms with E-state index in [1.807, 2.05) is 0 Å². The van der Waals surface area contributed by atoms with Crippen LogP contribution in [0, 0.1) is 19.8 Å². The number of hydrogen-bond donors (Lipinski definition) is 0. The van der Waals surface area contributed by atoms with E-state index in [1.54, 1.807) is 18.7 Å². The number of nitrogens with zero attached hydrogens (tertiary/aromatic N) is 3. The SMILES string of the molecule is Cc1cc(OS(=O)(=O)C(F)(F)F)cc(C)c1CC1CCN([C@@H]2CCc3nn(S(=O)(=O)C(F)(F)F)cc3C2)C1=O. The van der Waals surface area contributed by atoms with Crippen molar-refractivity contribution in [3.63, 3.8) is 0 Å². The molecule has 216 valence electrons. The molecule has 1 saturated heterocycles. The molecule has 0 N–H and O–H groups in total.